The highest BCUT2D eigenvalue weighted by Crippen LogP contribution is 2.67. The van der Waals surface area contributed by atoms with E-state index in [1.54, 1.807) is 6.20 Å². The third-order valence-electron chi connectivity index (χ3n) is 9.16. The fourth-order valence-electron chi connectivity index (χ4n) is 7.32. The van der Waals surface area contributed by atoms with Gasteiger partial charge in [-0.25, -0.2) is 4.98 Å². The normalized spacial score (nSPS) is 49.1. The third-order valence-corrected chi connectivity index (χ3v) is 10.1. The van der Waals surface area contributed by atoms with Gasteiger partial charge in [-0.1, -0.05) is 13.8 Å². The Morgan fingerprint density at radius 1 is 1.07 bits per heavy atom. The maximum absolute atomic E-state index is 11.7. The number of hydrogen-bond donors (Lipinski definition) is 4. The largest absolute Gasteiger partial charge is 0.396 e. The quantitative estimate of drug-likeness (QED) is 0.613. The SMILES string of the molecule is C[C@@]1([C@H]2CC[C@@]3(C)[C@@H](CC[C@@]3(O)c3nccs3)[C@@H]2CO)CC[C@H](O)C[C@@H]1CO. The van der Waals surface area contributed by atoms with E-state index in [-0.39, 0.29) is 47.9 Å². The maximum atomic E-state index is 11.7. The summed E-state index contributed by atoms with van der Waals surface area (Å²) in [5.74, 6) is 0.730. The van der Waals surface area contributed by atoms with Crippen LogP contribution in [0, 0.1) is 34.5 Å². The van der Waals surface area contributed by atoms with Crippen molar-refractivity contribution in [2.75, 3.05) is 13.2 Å². The van der Waals surface area contributed by atoms with Crippen LogP contribution >= 0.6 is 11.3 Å². The minimum Gasteiger partial charge on any atom is -0.396 e. The van der Waals surface area contributed by atoms with Gasteiger partial charge in [-0.15, -0.1) is 11.3 Å². The monoisotopic (exact) mass is 409 g/mol. The standard InChI is InChI=1S/C22H35NO4S/c1-20(6-3-15(26)11-14(20)12-24)17-4-7-21(2)18(16(17)13-25)5-8-22(21,27)19-23-9-10-28-19/h9-10,14-18,24-27H,3-8,11-13H2,1-2H3/t14-,15+,16-,17+,18+,20-,21+,22-/m1/s1. The average Bonchev–Trinajstić information content (AvgIpc) is 3.31. The van der Waals surface area contributed by atoms with Gasteiger partial charge in [0.1, 0.15) is 10.6 Å². The first-order valence-electron chi connectivity index (χ1n) is 10.8. The van der Waals surface area contributed by atoms with E-state index in [4.69, 9.17) is 0 Å². The first-order chi connectivity index (χ1) is 13.3. The van der Waals surface area contributed by atoms with Crippen LogP contribution in [0.1, 0.15) is 63.8 Å². The summed E-state index contributed by atoms with van der Waals surface area (Å²) in [5, 5.41) is 45.1. The first-order valence-corrected chi connectivity index (χ1v) is 11.7. The lowest BCUT2D eigenvalue weighted by Gasteiger charge is -2.57. The van der Waals surface area contributed by atoms with E-state index in [0.717, 1.165) is 37.1 Å². The van der Waals surface area contributed by atoms with Gasteiger partial charge in [0.25, 0.3) is 0 Å². The highest BCUT2D eigenvalue weighted by atomic mass is 32.1. The molecule has 0 spiro atoms. The first kappa shape index (κ1) is 20.7. The van der Waals surface area contributed by atoms with Crippen molar-refractivity contribution in [2.24, 2.45) is 34.5 Å². The van der Waals surface area contributed by atoms with Crippen molar-refractivity contribution < 1.29 is 20.4 Å². The van der Waals surface area contributed by atoms with Crippen LogP contribution in [0.4, 0.5) is 0 Å². The molecule has 3 aliphatic rings. The van der Waals surface area contributed by atoms with Gasteiger partial charge < -0.3 is 20.4 Å². The number of nitrogens with zero attached hydrogens (tertiary/aromatic N) is 1. The molecule has 0 radical (unpaired) electrons. The van der Waals surface area contributed by atoms with E-state index in [1.807, 2.05) is 5.38 Å². The van der Waals surface area contributed by atoms with E-state index in [2.05, 4.69) is 18.8 Å². The molecule has 0 amide bonds. The van der Waals surface area contributed by atoms with Gasteiger partial charge in [0, 0.05) is 30.2 Å². The van der Waals surface area contributed by atoms with E-state index in [9.17, 15) is 20.4 Å². The summed E-state index contributed by atoms with van der Waals surface area (Å²) in [4.78, 5) is 4.46. The van der Waals surface area contributed by atoms with Crippen molar-refractivity contribution in [3.05, 3.63) is 16.6 Å². The molecule has 3 fully saturated rings. The predicted octanol–water partition coefficient (Wildman–Crippen LogP) is 2.93. The Kier molecular flexibility index (Phi) is 5.41. The number of aromatic nitrogens is 1. The van der Waals surface area contributed by atoms with Gasteiger partial charge in [0.15, 0.2) is 0 Å². The van der Waals surface area contributed by atoms with E-state index in [0.29, 0.717) is 18.8 Å². The molecule has 0 bridgehead atoms. The molecule has 4 N–H and O–H groups in total. The van der Waals surface area contributed by atoms with Crippen molar-refractivity contribution in [3.8, 4) is 0 Å². The van der Waals surface area contributed by atoms with Gasteiger partial charge in [0.2, 0.25) is 0 Å². The van der Waals surface area contributed by atoms with E-state index < -0.39 is 5.60 Å². The van der Waals surface area contributed by atoms with Crippen LogP contribution < -0.4 is 0 Å². The average molecular weight is 410 g/mol. The number of thiazole rings is 1. The van der Waals surface area contributed by atoms with Gasteiger partial charge in [-0.05, 0) is 74.0 Å². The molecule has 3 aliphatic carbocycles. The topological polar surface area (TPSA) is 93.8 Å². The van der Waals surface area contributed by atoms with E-state index in [1.165, 1.54) is 11.3 Å². The smallest absolute Gasteiger partial charge is 0.125 e. The Hall–Kier alpha value is -0.530. The fourth-order valence-corrected chi connectivity index (χ4v) is 8.23. The van der Waals surface area contributed by atoms with Crippen molar-refractivity contribution in [1.29, 1.82) is 0 Å². The second-order valence-electron chi connectivity index (χ2n) is 10.1. The number of aliphatic hydroxyl groups excluding tert-OH is 3. The summed E-state index contributed by atoms with van der Waals surface area (Å²) < 4.78 is 0. The summed E-state index contributed by atoms with van der Waals surface area (Å²) in [5.41, 5.74) is -1.27. The molecule has 0 unspecified atom stereocenters. The van der Waals surface area contributed by atoms with Crippen LogP contribution in [-0.2, 0) is 5.60 Å². The molecule has 8 atom stereocenters. The van der Waals surface area contributed by atoms with Crippen LogP contribution in [0.3, 0.4) is 0 Å². The van der Waals surface area contributed by atoms with Gasteiger partial charge in [0.05, 0.1) is 6.10 Å². The van der Waals surface area contributed by atoms with Crippen molar-refractivity contribution in [1.82, 2.24) is 4.98 Å². The van der Waals surface area contributed by atoms with Gasteiger partial charge >= 0.3 is 0 Å². The predicted molar refractivity (Wildman–Crippen MR) is 109 cm³/mol. The zero-order valence-electron chi connectivity index (χ0n) is 17.0. The van der Waals surface area contributed by atoms with Crippen LogP contribution in [0.25, 0.3) is 0 Å². The lowest BCUT2D eigenvalue weighted by molar-refractivity contribution is -0.153. The Bertz CT molecular complexity index is 684. The number of rotatable bonds is 4. The minimum atomic E-state index is -0.912. The van der Waals surface area contributed by atoms with Gasteiger partial charge in [-0.2, -0.15) is 0 Å². The van der Waals surface area contributed by atoms with Crippen molar-refractivity contribution in [2.45, 2.75) is 70.5 Å². The molecule has 28 heavy (non-hydrogen) atoms. The van der Waals surface area contributed by atoms with Crippen LogP contribution in [0.2, 0.25) is 0 Å². The molecule has 158 valence electrons. The molecule has 1 aromatic rings. The molecule has 1 aromatic heterocycles. The number of hydrogen-bond acceptors (Lipinski definition) is 6. The molecule has 0 aliphatic heterocycles. The minimum absolute atomic E-state index is 0.0684. The Morgan fingerprint density at radius 2 is 1.82 bits per heavy atom. The molecule has 0 aromatic carbocycles. The Balaban J connectivity index is 1.66. The summed E-state index contributed by atoms with van der Waals surface area (Å²) in [7, 11) is 0. The van der Waals surface area contributed by atoms with Crippen LogP contribution in [0.15, 0.2) is 11.6 Å². The molecule has 0 saturated heterocycles. The molecule has 3 saturated carbocycles. The lowest BCUT2D eigenvalue weighted by Crippen LogP contribution is -2.55. The molecule has 1 heterocycles. The van der Waals surface area contributed by atoms with Crippen LogP contribution in [-0.4, -0.2) is 44.7 Å². The van der Waals surface area contributed by atoms with Gasteiger partial charge in [-0.3, -0.25) is 0 Å². The summed E-state index contributed by atoms with van der Waals surface area (Å²) in [6.07, 6.45) is 7.19. The lowest BCUT2D eigenvalue weighted by atomic mass is 9.48. The van der Waals surface area contributed by atoms with E-state index >= 15 is 0 Å². The molecule has 4 rings (SSSR count). The van der Waals surface area contributed by atoms with Crippen molar-refractivity contribution in [3.63, 3.8) is 0 Å². The summed E-state index contributed by atoms with van der Waals surface area (Å²) in [6.45, 7) is 4.67. The summed E-state index contributed by atoms with van der Waals surface area (Å²) in [6, 6.07) is 0. The molecule has 6 heteroatoms. The number of fused-ring (bicyclic) bond motifs is 1. The second kappa shape index (κ2) is 7.31. The molecular weight excluding hydrogens is 374 g/mol. The highest BCUT2D eigenvalue weighted by Gasteiger charge is 2.64. The highest BCUT2D eigenvalue weighted by molar-refractivity contribution is 7.09. The fraction of sp³-hybridized carbons (Fsp3) is 0.864. The Morgan fingerprint density at radius 3 is 2.46 bits per heavy atom. The molecular formula is C22H35NO4S. The zero-order valence-corrected chi connectivity index (χ0v) is 17.9. The maximum Gasteiger partial charge on any atom is 0.125 e. The summed E-state index contributed by atoms with van der Waals surface area (Å²) >= 11 is 1.53. The third kappa shape index (κ3) is 2.83. The second-order valence-corrected chi connectivity index (χ2v) is 11.0. The Labute approximate surface area is 171 Å². The van der Waals surface area contributed by atoms with Crippen molar-refractivity contribution >= 4 is 11.3 Å². The molecule has 5 nitrogen and oxygen atoms in total. The zero-order chi connectivity index (χ0) is 20.2. The van der Waals surface area contributed by atoms with Crippen LogP contribution in [0.5, 0.6) is 0 Å². The number of aliphatic hydroxyl groups is 4.